The van der Waals surface area contributed by atoms with Gasteiger partial charge in [0.15, 0.2) is 0 Å². The van der Waals surface area contributed by atoms with Crippen molar-refractivity contribution in [3.05, 3.63) is 88.1 Å². The Morgan fingerprint density at radius 1 is 0.848 bits per heavy atom. The van der Waals surface area contributed by atoms with Crippen molar-refractivity contribution in [2.75, 3.05) is 24.4 Å². The molecule has 0 unspecified atom stereocenters. The summed E-state index contributed by atoms with van der Waals surface area (Å²) in [4.78, 5) is 28.5. The van der Waals surface area contributed by atoms with Gasteiger partial charge in [-0.25, -0.2) is 4.90 Å². The van der Waals surface area contributed by atoms with Gasteiger partial charge >= 0.3 is 0 Å². The molecule has 0 aromatic heterocycles. The molecule has 0 aliphatic carbocycles. The highest BCUT2D eigenvalue weighted by molar-refractivity contribution is 6.46. The second-order valence-corrected chi connectivity index (χ2v) is 8.12. The summed E-state index contributed by atoms with van der Waals surface area (Å²) in [6, 6.07) is 17.6. The highest BCUT2D eigenvalue weighted by atomic mass is 35.5. The molecule has 3 aromatic rings. The Morgan fingerprint density at radius 2 is 1.58 bits per heavy atom. The van der Waals surface area contributed by atoms with Crippen LogP contribution in [0.2, 0.25) is 5.02 Å². The molecule has 0 atom stereocenters. The third-order valence-corrected chi connectivity index (χ3v) is 5.73. The summed E-state index contributed by atoms with van der Waals surface area (Å²) in [5.74, 6) is 0.208. The summed E-state index contributed by atoms with van der Waals surface area (Å²) >= 11 is 6.06. The van der Waals surface area contributed by atoms with Crippen LogP contribution >= 0.6 is 11.6 Å². The summed E-state index contributed by atoms with van der Waals surface area (Å²) in [7, 11) is 3.08. The summed E-state index contributed by atoms with van der Waals surface area (Å²) in [5.41, 5.74) is 3.89. The average molecular weight is 463 g/mol. The van der Waals surface area contributed by atoms with Gasteiger partial charge in [-0.3, -0.25) is 9.59 Å². The molecule has 0 spiro atoms. The van der Waals surface area contributed by atoms with Crippen molar-refractivity contribution in [1.29, 1.82) is 0 Å². The number of ether oxygens (including phenoxy) is 2. The number of nitrogens with one attached hydrogen (secondary N) is 1. The number of anilines is 2. The maximum atomic E-state index is 13.6. The molecule has 1 aliphatic heterocycles. The van der Waals surface area contributed by atoms with Crippen LogP contribution in [0.25, 0.3) is 5.57 Å². The van der Waals surface area contributed by atoms with Gasteiger partial charge in [-0.2, -0.15) is 0 Å². The zero-order chi connectivity index (χ0) is 23.7. The lowest BCUT2D eigenvalue weighted by molar-refractivity contribution is -0.120. The van der Waals surface area contributed by atoms with Gasteiger partial charge in [-0.05, 0) is 55.3 Å². The number of halogens is 1. The van der Waals surface area contributed by atoms with Crippen molar-refractivity contribution in [2.45, 2.75) is 13.8 Å². The van der Waals surface area contributed by atoms with Crippen LogP contribution in [-0.4, -0.2) is 26.0 Å². The van der Waals surface area contributed by atoms with E-state index in [1.54, 1.807) is 55.6 Å². The van der Waals surface area contributed by atoms with Gasteiger partial charge < -0.3 is 14.8 Å². The molecule has 2 amide bonds. The van der Waals surface area contributed by atoms with Crippen LogP contribution in [0.1, 0.15) is 16.7 Å². The van der Waals surface area contributed by atoms with Crippen molar-refractivity contribution in [2.24, 2.45) is 0 Å². The minimum Gasteiger partial charge on any atom is -0.497 e. The molecule has 3 aromatic carbocycles. The highest BCUT2D eigenvalue weighted by Gasteiger charge is 2.41. The van der Waals surface area contributed by atoms with E-state index < -0.39 is 11.8 Å². The quantitative estimate of drug-likeness (QED) is 0.499. The number of imide groups is 1. The average Bonchev–Trinajstić information content (AvgIpc) is 3.04. The van der Waals surface area contributed by atoms with Gasteiger partial charge in [0.2, 0.25) is 0 Å². The number of methoxy groups -OCH3 is 2. The Hall–Kier alpha value is -3.77. The first-order valence-electron chi connectivity index (χ1n) is 10.3. The smallest absolute Gasteiger partial charge is 0.282 e. The minimum absolute atomic E-state index is 0.147. The predicted octanol–water partition coefficient (Wildman–Crippen LogP) is 5.37. The third-order valence-electron chi connectivity index (χ3n) is 5.48. The van der Waals surface area contributed by atoms with E-state index in [1.165, 1.54) is 12.0 Å². The van der Waals surface area contributed by atoms with Crippen LogP contribution in [-0.2, 0) is 9.59 Å². The third kappa shape index (κ3) is 4.17. The van der Waals surface area contributed by atoms with Gasteiger partial charge in [0.05, 0.1) is 31.2 Å². The van der Waals surface area contributed by atoms with E-state index in [-0.39, 0.29) is 11.3 Å². The van der Waals surface area contributed by atoms with E-state index in [9.17, 15) is 9.59 Å². The van der Waals surface area contributed by atoms with Crippen LogP contribution in [0, 0.1) is 13.8 Å². The molecule has 0 bridgehead atoms. The fraction of sp³-hybridized carbons (Fsp3) is 0.154. The summed E-state index contributed by atoms with van der Waals surface area (Å²) in [6.07, 6.45) is 0. The number of aryl methyl sites for hydroxylation is 2. The lowest BCUT2D eigenvalue weighted by Gasteiger charge is -2.18. The van der Waals surface area contributed by atoms with Crippen molar-refractivity contribution >= 4 is 40.4 Å². The van der Waals surface area contributed by atoms with E-state index in [0.717, 1.165) is 11.1 Å². The van der Waals surface area contributed by atoms with E-state index in [1.807, 2.05) is 26.0 Å². The molecular weight excluding hydrogens is 440 g/mol. The lowest BCUT2D eigenvalue weighted by atomic mass is 10.0. The van der Waals surface area contributed by atoms with E-state index in [0.29, 0.717) is 33.5 Å². The van der Waals surface area contributed by atoms with Gasteiger partial charge in [0, 0.05) is 11.1 Å². The molecule has 0 fully saturated rings. The van der Waals surface area contributed by atoms with Crippen LogP contribution in [0.3, 0.4) is 0 Å². The van der Waals surface area contributed by atoms with Crippen molar-refractivity contribution in [1.82, 2.24) is 0 Å². The van der Waals surface area contributed by atoms with Gasteiger partial charge in [0.25, 0.3) is 11.8 Å². The monoisotopic (exact) mass is 462 g/mol. The molecule has 1 aliphatic rings. The molecule has 0 radical (unpaired) electrons. The fourth-order valence-electron chi connectivity index (χ4n) is 3.85. The first kappa shape index (κ1) is 22.4. The highest BCUT2D eigenvalue weighted by Crippen LogP contribution is 2.38. The zero-order valence-corrected chi connectivity index (χ0v) is 19.5. The van der Waals surface area contributed by atoms with E-state index >= 15 is 0 Å². The van der Waals surface area contributed by atoms with Crippen molar-refractivity contribution in [3.63, 3.8) is 0 Å². The van der Waals surface area contributed by atoms with Crippen LogP contribution < -0.4 is 19.7 Å². The first-order chi connectivity index (χ1) is 15.8. The number of benzene rings is 3. The molecule has 0 saturated heterocycles. The second kappa shape index (κ2) is 9.00. The Morgan fingerprint density at radius 3 is 2.21 bits per heavy atom. The van der Waals surface area contributed by atoms with Gasteiger partial charge in [-0.1, -0.05) is 41.4 Å². The van der Waals surface area contributed by atoms with E-state index in [4.69, 9.17) is 21.1 Å². The SMILES string of the molecule is COc1ccc(OC)c(NC2=C(c3ccc(Cl)cc3)C(=O)N(c3ccc(C)cc3C)C2=O)c1. The Bertz CT molecular complexity index is 1280. The van der Waals surface area contributed by atoms with E-state index in [2.05, 4.69) is 5.32 Å². The number of nitrogens with zero attached hydrogens (tertiary/aromatic N) is 1. The molecular formula is C26H23ClN2O4. The van der Waals surface area contributed by atoms with Crippen LogP contribution in [0.5, 0.6) is 11.5 Å². The maximum absolute atomic E-state index is 13.6. The molecule has 1 N–H and O–H groups in total. The summed E-state index contributed by atoms with van der Waals surface area (Å²) in [6.45, 7) is 3.84. The number of carbonyl (C=O) groups is 2. The molecule has 6 nitrogen and oxygen atoms in total. The number of amides is 2. The maximum Gasteiger partial charge on any atom is 0.282 e. The topological polar surface area (TPSA) is 67.9 Å². The first-order valence-corrected chi connectivity index (χ1v) is 10.7. The standard InChI is InChI=1S/C26H23ClN2O4/c1-15-5-11-21(16(2)13-15)29-25(30)23(17-6-8-18(27)9-7-17)24(26(29)31)28-20-14-19(32-3)10-12-22(20)33-4/h5-14,28H,1-4H3. The van der Waals surface area contributed by atoms with Crippen molar-refractivity contribution in [3.8, 4) is 11.5 Å². The number of carbonyl (C=O) groups excluding carboxylic acids is 2. The zero-order valence-electron chi connectivity index (χ0n) is 18.7. The fourth-order valence-corrected chi connectivity index (χ4v) is 3.98. The Balaban J connectivity index is 1.87. The molecule has 4 rings (SSSR count). The minimum atomic E-state index is -0.457. The molecule has 7 heteroatoms. The molecule has 168 valence electrons. The molecule has 33 heavy (non-hydrogen) atoms. The number of hydrogen-bond donors (Lipinski definition) is 1. The summed E-state index contributed by atoms with van der Waals surface area (Å²) < 4.78 is 10.8. The van der Waals surface area contributed by atoms with Crippen LogP contribution in [0.15, 0.2) is 66.4 Å². The summed E-state index contributed by atoms with van der Waals surface area (Å²) in [5, 5.41) is 3.67. The Labute approximate surface area is 197 Å². The normalized spacial score (nSPS) is 13.5. The van der Waals surface area contributed by atoms with Crippen LogP contribution in [0.4, 0.5) is 11.4 Å². The second-order valence-electron chi connectivity index (χ2n) is 7.68. The lowest BCUT2D eigenvalue weighted by Crippen LogP contribution is -2.33. The van der Waals surface area contributed by atoms with Gasteiger partial charge in [-0.15, -0.1) is 0 Å². The number of rotatable bonds is 6. The predicted molar refractivity (Wildman–Crippen MR) is 130 cm³/mol. The largest absolute Gasteiger partial charge is 0.497 e. The molecule has 1 heterocycles. The Kier molecular flexibility index (Phi) is 6.11. The van der Waals surface area contributed by atoms with Gasteiger partial charge in [0.1, 0.15) is 17.2 Å². The van der Waals surface area contributed by atoms with Crippen molar-refractivity contribution < 1.29 is 19.1 Å². The molecule has 0 saturated carbocycles. The number of hydrogen-bond acceptors (Lipinski definition) is 5.